The van der Waals surface area contributed by atoms with Gasteiger partial charge >= 0.3 is 0 Å². The molecule has 2 aliphatic heterocycles. The first-order chi connectivity index (χ1) is 10.2. The van der Waals surface area contributed by atoms with E-state index in [9.17, 15) is 9.59 Å². The number of hydrazine groups is 1. The molecule has 0 bridgehead atoms. The van der Waals surface area contributed by atoms with Crippen molar-refractivity contribution in [2.45, 2.75) is 31.8 Å². The maximum atomic E-state index is 11.5. The fourth-order valence-electron chi connectivity index (χ4n) is 3.21. The van der Waals surface area contributed by atoms with Gasteiger partial charge in [-0.15, -0.1) is 11.3 Å². The molecule has 21 heavy (non-hydrogen) atoms. The highest BCUT2D eigenvalue weighted by Gasteiger charge is 2.33. The van der Waals surface area contributed by atoms with Crippen LogP contribution in [0.25, 0.3) is 0 Å². The lowest BCUT2D eigenvalue weighted by Crippen LogP contribution is -2.53. The number of nitrogen functional groups attached to an aromatic ring is 1. The lowest BCUT2D eigenvalue weighted by atomic mass is 9.85. The number of nitrogens with two attached hydrogens (primary N) is 1. The predicted molar refractivity (Wildman–Crippen MR) is 80.5 cm³/mol. The third kappa shape index (κ3) is 3.25. The molecule has 1 aromatic heterocycles. The number of amides is 2. The molecule has 4 N–H and O–H groups in total. The Bertz CT molecular complexity index is 545. The van der Waals surface area contributed by atoms with Crippen LogP contribution >= 0.6 is 11.3 Å². The average Bonchev–Trinajstić information content (AvgIpc) is 2.95. The number of likely N-dealkylation sites (tertiary alicyclic amines) is 1. The monoisotopic (exact) mass is 308 g/mol. The van der Waals surface area contributed by atoms with Gasteiger partial charge in [0.05, 0.1) is 4.88 Å². The lowest BCUT2D eigenvalue weighted by molar-refractivity contribution is -0.125. The Labute approximate surface area is 127 Å². The van der Waals surface area contributed by atoms with E-state index in [0.717, 1.165) is 32.5 Å². The van der Waals surface area contributed by atoms with Crippen LogP contribution in [0.2, 0.25) is 0 Å². The van der Waals surface area contributed by atoms with Crippen LogP contribution in [0.3, 0.4) is 0 Å². The Balaban J connectivity index is 1.58. The molecular weight excluding hydrogens is 288 g/mol. The van der Waals surface area contributed by atoms with Gasteiger partial charge in [-0.25, -0.2) is 5.84 Å². The van der Waals surface area contributed by atoms with E-state index in [-0.39, 0.29) is 11.8 Å². The second-order valence-electron chi connectivity index (χ2n) is 5.74. The maximum Gasteiger partial charge on any atom is 0.275 e. The van der Waals surface area contributed by atoms with E-state index in [4.69, 9.17) is 5.84 Å². The third-order valence-electron chi connectivity index (χ3n) is 4.30. The summed E-state index contributed by atoms with van der Waals surface area (Å²) in [4.78, 5) is 27.1. The minimum atomic E-state index is -0.236. The molecule has 2 saturated heterocycles. The van der Waals surface area contributed by atoms with Gasteiger partial charge in [0.2, 0.25) is 5.91 Å². The second-order valence-corrected chi connectivity index (χ2v) is 6.90. The molecule has 3 heterocycles. The van der Waals surface area contributed by atoms with Crippen LogP contribution in [0.15, 0.2) is 12.1 Å². The molecule has 6 nitrogen and oxygen atoms in total. The summed E-state index contributed by atoms with van der Waals surface area (Å²) in [6, 6.07) is 4.16. The highest BCUT2D eigenvalue weighted by atomic mass is 32.1. The fourth-order valence-corrected chi connectivity index (χ4v) is 4.16. The molecule has 114 valence electrons. The highest BCUT2D eigenvalue weighted by Crippen LogP contribution is 2.27. The van der Waals surface area contributed by atoms with Gasteiger partial charge in [0, 0.05) is 37.0 Å². The first kappa shape index (κ1) is 14.5. The smallest absolute Gasteiger partial charge is 0.275 e. The summed E-state index contributed by atoms with van der Waals surface area (Å²) in [6.45, 7) is 2.86. The topological polar surface area (TPSA) is 87.5 Å². The van der Waals surface area contributed by atoms with Crippen LogP contribution in [0.1, 0.15) is 33.8 Å². The highest BCUT2D eigenvalue weighted by molar-refractivity contribution is 7.14. The van der Waals surface area contributed by atoms with Gasteiger partial charge in [-0.05, 0) is 30.9 Å². The summed E-state index contributed by atoms with van der Waals surface area (Å²) < 4.78 is 0. The maximum absolute atomic E-state index is 11.5. The number of carbonyl (C=O) groups excluding carboxylic acids is 2. The van der Waals surface area contributed by atoms with E-state index in [1.54, 1.807) is 0 Å². The van der Waals surface area contributed by atoms with Gasteiger partial charge < -0.3 is 5.32 Å². The number of fused-ring (bicyclic) bond motifs is 1. The molecule has 0 spiro atoms. The first-order valence-electron chi connectivity index (χ1n) is 7.27. The van der Waals surface area contributed by atoms with E-state index >= 15 is 0 Å². The number of carbonyl (C=O) groups is 2. The minimum Gasteiger partial charge on any atom is -0.353 e. The zero-order chi connectivity index (χ0) is 14.8. The molecule has 0 aromatic carbocycles. The second kappa shape index (κ2) is 6.13. The molecule has 2 fully saturated rings. The molecule has 0 aliphatic carbocycles. The van der Waals surface area contributed by atoms with E-state index in [2.05, 4.69) is 15.6 Å². The van der Waals surface area contributed by atoms with Crippen molar-refractivity contribution in [1.82, 2.24) is 15.6 Å². The minimum absolute atomic E-state index is 0.195. The molecule has 2 unspecified atom stereocenters. The molecule has 3 rings (SSSR count). The van der Waals surface area contributed by atoms with Crippen molar-refractivity contribution in [3.05, 3.63) is 21.9 Å². The summed E-state index contributed by atoms with van der Waals surface area (Å²) in [5, 5.41) is 3.10. The Kier molecular flexibility index (Phi) is 4.23. The van der Waals surface area contributed by atoms with E-state index in [0.29, 0.717) is 23.3 Å². The van der Waals surface area contributed by atoms with Crippen LogP contribution in [0.4, 0.5) is 0 Å². The van der Waals surface area contributed by atoms with Gasteiger partial charge in [-0.1, -0.05) is 0 Å². The third-order valence-corrected chi connectivity index (χ3v) is 5.37. The molecule has 7 heteroatoms. The van der Waals surface area contributed by atoms with Crippen LogP contribution in [0, 0.1) is 5.92 Å². The Morgan fingerprint density at radius 3 is 3.14 bits per heavy atom. The van der Waals surface area contributed by atoms with Crippen molar-refractivity contribution < 1.29 is 9.59 Å². The number of rotatable bonds is 3. The van der Waals surface area contributed by atoms with Crippen LogP contribution in [-0.4, -0.2) is 35.8 Å². The Morgan fingerprint density at radius 1 is 1.48 bits per heavy atom. The van der Waals surface area contributed by atoms with Crippen molar-refractivity contribution in [3.63, 3.8) is 0 Å². The number of piperidine rings is 2. The fraction of sp³-hybridized carbons (Fsp3) is 0.571. The summed E-state index contributed by atoms with van der Waals surface area (Å²) in [5.74, 6) is 5.66. The molecule has 2 aliphatic rings. The standard InChI is InChI=1S/C14H20N4O2S/c15-17-14(20)12-3-2-10(21-12)8-18-6-5-11-9(7-18)1-4-13(19)16-11/h2-3,9,11H,1,4-8,15H2,(H,16,19)(H,17,20). The van der Waals surface area contributed by atoms with E-state index in [1.807, 2.05) is 12.1 Å². The average molecular weight is 308 g/mol. The van der Waals surface area contributed by atoms with Gasteiger partial charge in [0.15, 0.2) is 0 Å². The van der Waals surface area contributed by atoms with Crippen molar-refractivity contribution in [2.75, 3.05) is 13.1 Å². The molecule has 0 saturated carbocycles. The SMILES string of the molecule is NNC(=O)c1ccc(CN2CCC3NC(=O)CCC3C2)s1. The molecule has 2 amide bonds. The Hall–Kier alpha value is -1.44. The number of hydrogen-bond donors (Lipinski definition) is 3. The first-order valence-corrected chi connectivity index (χ1v) is 8.08. The molecular formula is C14H20N4O2S. The molecule has 2 atom stereocenters. The lowest BCUT2D eigenvalue weighted by Gasteiger charge is -2.41. The Morgan fingerprint density at radius 2 is 2.33 bits per heavy atom. The molecule has 0 radical (unpaired) electrons. The number of nitrogens with one attached hydrogen (secondary N) is 2. The number of hydrogen-bond acceptors (Lipinski definition) is 5. The molecule has 1 aromatic rings. The van der Waals surface area contributed by atoms with Crippen molar-refractivity contribution in [1.29, 1.82) is 0 Å². The zero-order valence-electron chi connectivity index (χ0n) is 11.8. The van der Waals surface area contributed by atoms with Crippen molar-refractivity contribution >= 4 is 23.2 Å². The number of nitrogens with zero attached hydrogens (tertiary/aromatic N) is 1. The predicted octanol–water partition coefficient (Wildman–Crippen LogP) is 0.452. The summed E-state index contributed by atoms with van der Waals surface area (Å²) in [7, 11) is 0. The van der Waals surface area contributed by atoms with E-state index in [1.165, 1.54) is 16.2 Å². The van der Waals surface area contributed by atoms with Crippen molar-refractivity contribution in [2.24, 2.45) is 11.8 Å². The normalized spacial score (nSPS) is 26.0. The van der Waals surface area contributed by atoms with Crippen molar-refractivity contribution in [3.8, 4) is 0 Å². The van der Waals surface area contributed by atoms with Gasteiger partial charge in [0.25, 0.3) is 5.91 Å². The largest absolute Gasteiger partial charge is 0.353 e. The summed E-state index contributed by atoms with van der Waals surface area (Å²) in [5.41, 5.74) is 2.16. The van der Waals surface area contributed by atoms with Crippen LogP contribution in [-0.2, 0) is 11.3 Å². The zero-order valence-corrected chi connectivity index (χ0v) is 12.6. The van der Waals surface area contributed by atoms with Gasteiger partial charge in [-0.3, -0.25) is 19.9 Å². The quantitative estimate of drug-likeness (QED) is 0.430. The van der Waals surface area contributed by atoms with Crippen LogP contribution in [0.5, 0.6) is 0 Å². The van der Waals surface area contributed by atoms with Gasteiger partial charge in [-0.2, -0.15) is 0 Å². The van der Waals surface area contributed by atoms with Gasteiger partial charge in [0.1, 0.15) is 0 Å². The van der Waals surface area contributed by atoms with E-state index < -0.39 is 0 Å². The van der Waals surface area contributed by atoms with Crippen LogP contribution < -0.4 is 16.6 Å². The summed E-state index contributed by atoms with van der Waals surface area (Å²) in [6.07, 6.45) is 2.64. The number of thiophene rings is 1. The summed E-state index contributed by atoms with van der Waals surface area (Å²) >= 11 is 1.49.